The van der Waals surface area contributed by atoms with Gasteiger partial charge in [0.2, 0.25) is 0 Å². The van der Waals surface area contributed by atoms with E-state index >= 15 is 0 Å². The van der Waals surface area contributed by atoms with E-state index in [1.54, 1.807) is 64.2 Å². The molecule has 16 bridgehead atoms. The summed E-state index contributed by atoms with van der Waals surface area (Å²) in [7, 11) is 0. The summed E-state index contributed by atoms with van der Waals surface area (Å²) >= 11 is 0. The standard InChI is InChI=1S/C20H28O2.C20H28/c1-11-3-15-5-12(1)6-16(4-11)19(15)20(22-21-19)17-7-13-2-14(9-17)10-18(20)8-13;1-11-3-15-5-12(1)6-16(4-11)19(15)20-17-7-13-2-14(9-17)10-18(20)8-13/h11-18H,1-10H2;11-18H,1-10H2. The molecule has 1 aliphatic heterocycles. The lowest BCUT2D eigenvalue weighted by atomic mass is 9.37. The topological polar surface area (TPSA) is 18.5 Å². The fourth-order valence-electron chi connectivity index (χ4n) is 17.9. The molecule has 0 atom stereocenters. The Hall–Kier alpha value is -0.340. The summed E-state index contributed by atoms with van der Waals surface area (Å²) < 4.78 is 0. The Morgan fingerprint density at radius 2 is 0.500 bits per heavy atom. The van der Waals surface area contributed by atoms with E-state index in [1.165, 1.54) is 64.2 Å². The minimum Gasteiger partial charge on any atom is -0.226 e. The van der Waals surface area contributed by atoms with Gasteiger partial charge in [0.15, 0.2) is 0 Å². The van der Waals surface area contributed by atoms with Gasteiger partial charge in [0.05, 0.1) is 0 Å². The van der Waals surface area contributed by atoms with Crippen molar-refractivity contribution in [1.29, 1.82) is 0 Å². The van der Waals surface area contributed by atoms with Crippen LogP contribution in [0.1, 0.15) is 128 Å². The first-order chi connectivity index (χ1) is 20.6. The highest BCUT2D eigenvalue weighted by Crippen LogP contribution is 2.75. The van der Waals surface area contributed by atoms with Crippen LogP contribution in [-0.4, -0.2) is 11.2 Å². The smallest absolute Gasteiger partial charge is 0.142 e. The Morgan fingerprint density at radius 1 is 0.286 bits per heavy atom. The van der Waals surface area contributed by atoms with E-state index in [-0.39, 0.29) is 11.2 Å². The molecule has 0 radical (unpaired) electrons. The van der Waals surface area contributed by atoms with Crippen molar-refractivity contribution in [2.75, 3.05) is 0 Å². The van der Waals surface area contributed by atoms with Gasteiger partial charge in [0.25, 0.3) is 0 Å². The summed E-state index contributed by atoms with van der Waals surface area (Å²) in [5.41, 5.74) is 4.54. The molecule has 0 aromatic carbocycles. The van der Waals surface area contributed by atoms with Crippen LogP contribution in [-0.2, 0) is 9.78 Å². The lowest BCUT2D eigenvalue weighted by Crippen LogP contribution is -2.84. The molecule has 16 saturated carbocycles. The van der Waals surface area contributed by atoms with Gasteiger partial charge in [0.1, 0.15) is 11.2 Å². The summed E-state index contributed by atoms with van der Waals surface area (Å²) in [6, 6.07) is 0. The molecule has 17 rings (SSSR count). The van der Waals surface area contributed by atoms with Gasteiger partial charge in [-0.15, -0.1) is 0 Å². The van der Waals surface area contributed by atoms with Crippen molar-refractivity contribution in [3.8, 4) is 0 Å². The third-order valence-corrected chi connectivity index (χ3v) is 18.0. The van der Waals surface area contributed by atoms with Crippen LogP contribution in [0.2, 0.25) is 0 Å². The van der Waals surface area contributed by atoms with Gasteiger partial charge >= 0.3 is 0 Å². The number of allylic oxidation sites excluding steroid dienone is 2. The molecule has 0 unspecified atom stereocenters. The second kappa shape index (κ2) is 8.32. The van der Waals surface area contributed by atoms with E-state index in [2.05, 4.69) is 11.1 Å². The third-order valence-electron chi connectivity index (χ3n) is 18.0. The monoisotopic (exact) mass is 568 g/mol. The maximum Gasteiger partial charge on any atom is 0.142 e. The van der Waals surface area contributed by atoms with Crippen molar-refractivity contribution >= 4 is 0 Å². The van der Waals surface area contributed by atoms with Gasteiger partial charge in [0, 0.05) is 0 Å². The summed E-state index contributed by atoms with van der Waals surface area (Å²) in [6.45, 7) is 0. The lowest BCUT2D eigenvalue weighted by molar-refractivity contribution is -0.614. The van der Waals surface area contributed by atoms with Crippen LogP contribution in [0.5, 0.6) is 0 Å². The van der Waals surface area contributed by atoms with E-state index in [0.717, 1.165) is 94.7 Å². The molecule has 2 heteroatoms. The minimum absolute atomic E-state index is 0.170. The van der Waals surface area contributed by atoms with E-state index in [0.29, 0.717) is 0 Å². The van der Waals surface area contributed by atoms with E-state index in [9.17, 15) is 0 Å². The first kappa shape index (κ1) is 24.8. The fourth-order valence-corrected chi connectivity index (χ4v) is 17.9. The maximum absolute atomic E-state index is 6.27. The Morgan fingerprint density at radius 3 is 0.714 bits per heavy atom. The normalized spacial score (nSPS) is 64.6. The molecular weight excluding hydrogens is 512 g/mol. The quantitative estimate of drug-likeness (QED) is 0.214. The SMILES string of the molecule is C1C2CC3CC1CC(C2)C31OOC12C1CC3CC(C1)CC2C3.C1C2CC3CC1CC(C2)C3=C1C2CC3CC(C2)CC1C3. The molecule has 2 spiro atoms. The largest absolute Gasteiger partial charge is 0.226 e. The molecule has 0 N–H and O–H groups in total. The van der Waals surface area contributed by atoms with Gasteiger partial charge in [-0.1, -0.05) is 11.1 Å². The van der Waals surface area contributed by atoms with Gasteiger partial charge in [-0.25, -0.2) is 9.78 Å². The average Bonchev–Trinajstić information content (AvgIpc) is 2.92. The van der Waals surface area contributed by atoms with Crippen LogP contribution in [0.3, 0.4) is 0 Å². The zero-order chi connectivity index (χ0) is 26.9. The van der Waals surface area contributed by atoms with Crippen molar-refractivity contribution < 1.29 is 9.78 Å². The molecule has 42 heavy (non-hydrogen) atoms. The Bertz CT molecular complexity index is 1000. The van der Waals surface area contributed by atoms with Crippen LogP contribution in [0.25, 0.3) is 0 Å². The maximum atomic E-state index is 6.27. The number of hydrogen-bond donors (Lipinski definition) is 0. The molecule has 0 aromatic rings. The average molecular weight is 569 g/mol. The highest BCUT2D eigenvalue weighted by atomic mass is 17.3. The Balaban J connectivity index is 0.000000103. The zero-order valence-electron chi connectivity index (χ0n) is 26.2. The molecule has 17 aliphatic rings. The predicted molar refractivity (Wildman–Crippen MR) is 163 cm³/mol. The fraction of sp³-hybridized carbons (Fsp3) is 0.950. The summed E-state index contributed by atoms with van der Waals surface area (Å²) in [5.74, 6) is 16.3. The first-order valence-electron chi connectivity index (χ1n) is 19.7. The summed E-state index contributed by atoms with van der Waals surface area (Å²) in [6.07, 6.45) is 30.7. The molecule has 1 heterocycles. The highest BCUT2D eigenvalue weighted by Gasteiger charge is 2.80. The van der Waals surface area contributed by atoms with Gasteiger partial charge in [-0.2, -0.15) is 0 Å². The Kier molecular flexibility index (Phi) is 4.92. The molecule has 2 nitrogen and oxygen atoms in total. The second-order valence-electron chi connectivity index (χ2n) is 19.9. The lowest BCUT2D eigenvalue weighted by Gasteiger charge is -2.76. The van der Waals surface area contributed by atoms with Crippen LogP contribution in [0, 0.1) is 94.7 Å². The van der Waals surface area contributed by atoms with Crippen molar-refractivity contribution in [2.45, 2.75) is 140 Å². The molecule has 0 amide bonds. The molecule has 1 saturated heterocycles. The van der Waals surface area contributed by atoms with Gasteiger partial charge in [-0.05, 0) is 223 Å². The predicted octanol–water partition coefficient (Wildman–Crippen LogP) is 9.53. The van der Waals surface area contributed by atoms with E-state index in [1.807, 2.05) is 0 Å². The highest BCUT2D eigenvalue weighted by molar-refractivity contribution is 5.33. The third kappa shape index (κ3) is 3.04. The zero-order valence-corrected chi connectivity index (χ0v) is 26.2. The van der Waals surface area contributed by atoms with Crippen LogP contribution in [0.15, 0.2) is 11.1 Å². The van der Waals surface area contributed by atoms with Crippen molar-refractivity contribution in [3.05, 3.63) is 11.1 Å². The first-order valence-corrected chi connectivity index (χ1v) is 19.7. The molecule has 0 aromatic heterocycles. The van der Waals surface area contributed by atoms with Crippen molar-refractivity contribution in [2.24, 2.45) is 94.7 Å². The minimum atomic E-state index is 0.170. The molecular formula is C40H56O2. The number of rotatable bonds is 0. The molecule has 16 aliphatic carbocycles. The van der Waals surface area contributed by atoms with Gasteiger partial charge in [-0.3, -0.25) is 0 Å². The van der Waals surface area contributed by atoms with Crippen molar-refractivity contribution in [3.63, 3.8) is 0 Å². The summed E-state index contributed by atoms with van der Waals surface area (Å²) in [4.78, 5) is 12.5. The summed E-state index contributed by atoms with van der Waals surface area (Å²) in [5, 5.41) is 0. The van der Waals surface area contributed by atoms with E-state index < -0.39 is 0 Å². The Labute approximate surface area is 254 Å². The van der Waals surface area contributed by atoms with Gasteiger partial charge < -0.3 is 0 Å². The van der Waals surface area contributed by atoms with Crippen LogP contribution >= 0.6 is 0 Å². The molecule has 228 valence electrons. The number of hydrogen-bond acceptors (Lipinski definition) is 2. The molecule has 17 fully saturated rings. The second-order valence-corrected chi connectivity index (χ2v) is 19.9. The van der Waals surface area contributed by atoms with Crippen LogP contribution < -0.4 is 0 Å². The van der Waals surface area contributed by atoms with E-state index in [4.69, 9.17) is 9.78 Å². The van der Waals surface area contributed by atoms with Crippen molar-refractivity contribution in [1.82, 2.24) is 0 Å². The van der Waals surface area contributed by atoms with Crippen LogP contribution in [0.4, 0.5) is 0 Å².